The minimum atomic E-state index is -0.294. The first-order valence-electron chi connectivity index (χ1n) is 5.45. The van der Waals surface area contributed by atoms with E-state index in [2.05, 4.69) is 0 Å². The molecule has 0 fully saturated rings. The van der Waals surface area contributed by atoms with Crippen molar-refractivity contribution in [3.63, 3.8) is 0 Å². The van der Waals surface area contributed by atoms with Crippen LogP contribution in [0.3, 0.4) is 0 Å². The lowest BCUT2D eigenvalue weighted by molar-refractivity contribution is 0.302. The van der Waals surface area contributed by atoms with Crippen LogP contribution < -0.4 is 10.5 Å². The quantitative estimate of drug-likeness (QED) is 0.878. The van der Waals surface area contributed by atoms with Crippen molar-refractivity contribution in [3.05, 3.63) is 65.5 Å². The van der Waals surface area contributed by atoms with E-state index in [1.54, 1.807) is 6.07 Å². The van der Waals surface area contributed by atoms with Gasteiger partial charge in [0.15, 0.2) is 0 Å². The molecule has 0 atom stereocenters. The molecular formula is C14H14FNO. The van der Waals surface area contributed by atoms with Gasteiger partial charge in [0.25, 0.3) is 0 Å². The number of nitrogens with two attached hydrogens (primary N) is 1. The summed E-state index contributed by atoms with van der Waals surface area (Å²) in [6.07, 6.45) is 0. The van der Waals surface area contributed by atoms with Crippen LogP contribution in [0.25, 0.3) is 0 Å². The molecule has 2 aromatic carbocycles. The highest BCUT2D eigenvalue weighted by molar-refractivity contribution is 5.34. The molecule has 0 aliphatic carbocycles. The summed E-state index contributed by atoms with van der Waals surface area (Å²) in [6, 6.07) is 14.2. The molecule has 2 N–H and O–H groups in total. The summed E-state index contributed by atoms with van der Waals surface area (Å²) in [5, 5.41) is 0. The topological polar surface area (TPSA) is 35.2 Å². The van der Waals surface area contributed by atoms with Gasteiger partial charge in [0.05, 0.1) is 0 Å². The maximum Gasteiger partial charge on any atom is 0.124 e. The van der Waals surface area contributed by atoms with Crippen LogP contribution in [0.4, 0.5) is 4.39 Å². The predicted octanol–water partition coefficient (Wildman–Crippen LogP) is 2.86. The van der Waals surface area contributed by atoms with Gasteiger partial charge in [0, 0.05) is 12.1 Å². The SMILES string of the molecule is NCc1cc(F)ccc1OCc1ccccc1. The molecule has 0 amide bonds. The molecule has 0 spiro atoms. The van der Waals surface area contributed by atoms with Gasteiger partial charge in [-0.05, 0) is 23.8 Å². The molecule has 2 rings (SSSR count). The van der Waals surface area contributed by atoms with Gasteiger partial charge in [-0.3, -0.25) is 0 Å². The Morgan fingerprint density at radius 3 is 2.53 bits per heavy atom. The van der Waals surface area contributed by atoms with Gasteiger partial charge >= 0.3 is 0 Å². The normalized spacial score (nSPS) is 10.2. The van der Waals surface area contributed by atoms with Crippen molar-refractivity contribution in [1.82, 2.24) is 0 Å². The lowest BCUT2D eigenvalue weighted by atomic mass is 10.2. The van der Waals surface area contributed by atoms with Crippen molar-refractivity contribution in [2.45, 2.75) is 13.2 Å². The molecule has 17 heavy (non-hydrogen) atoms. The lowest BCUT2D eigenvalue weighted by Crippen LogP contribution is -2.03. The van der Waals surface area contributed by atoms with Gasteiger partial charge in [0.1, 0.15) is 18.2 Å². The van der Waals surface area contributed by atoms with E-state index in [-0.39, 0.29) is 12.4 Å². The molecule has 2 aromatic rings. The summed E-state index contributed by atoms with van der Waals surface area (Å²) in [6.45, 7) is 0.724. The molecule has 0 aliphatic rings. The maximum atomic E-state index is 13.0. The van der Waals surface area contributed by atoms with Gasteiger partial charge in [-0.1, -0.05) is 30.3 Å². The summed E-state index contributed by atoms with van der Waals surface area (Å²) in [7, 11) is 0. The predicted molar refractivity (Wildman–Crippen MR) is 65.1 cm³/mol. The Labute approximate surface area is 99.8 Å². The number of benzene rings is 2. The summed E-state index contributed by atoms with van der Waals surface area (Å²) in [4.78, 5) is 0. The van der Waals surface area contributed by atoms with Crippen LogP contribution in [0.2, 0.25) is 0 Å². The lowest BCUT2D eigenvalue weighted by Gasteiger charge is -2.10. The van der Waals surface area contributed by atoms with Crippen LogP contribution in [-0.4, -0.2) is 0 Å². The second-order valence-corrected chi connectivity index (χ2v) is 3.73. The van der Waals surface area contributed by atoms with Crippen molar-refractivity contribution < 1.29 is 9.13 Å². The van der Waals surface area contributed by atoms with Crippen molar-refractivity contribution in [2.24, 2.45) is 5.73 Å². The first-order chi connectivity index (χ1) is 8.29. The zero-order valence-corrected chi connectivity index (χ0v) is 9.40. The monoisotopic (exact) mass is 231 g/mol. The molecular weight excluding hydrogens is 217 g/mol. The highest BCUT2D eigenvalue weighted by Gasteiger charge is 2.04. The first kappa shape index (κ1) is 11.6. The number of hydrogen-bond acceptors (Lipinski definition) is 2. The molecule has 0 bridgehead atoms. The molecule has 0 unspecified atom stereocenters. The largest absolute Gasteiger partial charge is 0.489 e. The number of rotatable bonds is 4. The zero-order valence-electron chi connectivity index (χ0n) is 9.40. The van der Waals surface area contributed by atoms with E-state index in [0.717, 1.165) is 5.56 Å². The van der Waals surface area contributed by atoms with Gasteiger partial charge < -0.3 is 10.5 Å². The molecule has 0 saturated heterocycles. The maximum absolute atomic E-state index is 13.0. The van der Waals surface area contributed by atoms with Crippen molar-refractivity contribution in [1.29, 1.82) is 0 Å². The minimum Gasteiger partial charge on any atom is -0.489 e. The fourth-order valence-corrected chi connectivity index (χ4v) is 1.58. The number of hydrogen-bond donors (Lipinski definition) is 1. The van der Waals surface area contributed by atoms with E-state index >= 15 is 0 Å². The number of ether oxygens (including phenoxy) is 1. The van der Waals surface area contributed by atoms with E-state index in [0.29, 0.717) is 17.9 Å². The summed E-state index contributed by atoms with van der Waals surface area (Å²) in [5.74, 6) is 0.343. The van der Waals surface area contributed by atoms with Crippen LogP contribution in [0.15, 0.2) is 48.5 Å². The summed E-state index contributed by atoms with van der Waals surface area (Å²) >= 11 is 0. The number of halogens is 1. The zero-order chi connectivity index (χ0) is 12.1. The van der Waals surface area contributed by atoms with E-state index in [9.17, 15) is 4.39 Å². The second kappa shape index (κ2) is 5.46. The van der Waals surface area contributed by atoms with Crippen LogP contribution in [0, 0.1) is 5.82 Å². The molecule has 88 valence electrons. The van der Waals surface area contributed by atoms with Crippen molar-refractivity contribution in [3.8, 4) is 5.75 Å². The molecule has 0 saturated carbocycles. The fraction of sp³-hybridized carbons (Fsp3) is 0.143. The van der Waals surface area contributed by atoms with Crippen LogP contribution >= 0.6 is 0 Å². The third-order valence-electron chi connectivity index (χ3n) is 2.48. The molecule has 0 aromatic heterocycles. The van der Waals surface area contributed by atoms with Crippen LogP contribution in [-0.2, 0) is 13.2 Å². The Morgan fingerprint density at radius 2 is 1.82 bits per heavy atom. The Bertz CT molecular complexity index is 485. The van der Waals surface area contributed by atoms with Gasteiger partial charge in [-0.15, -0.1) is 0 Å². The molecule has 3 heteroatoms. The molecule has 0 aliphatic heterocycles. The van der Waals surface area contributed by atoms with Gasteiger partial charge in [0.2, 0.25) is 0 Å². The highest BCUT2D eigenvalue weighted by Crippen LogP contribution is 2.20. The standard InChI is InChI=1S/C14H14FNO/c15-13-6-7-14(12(8-13)9-16)17-10-11-4-2-1-3-5-11/h1-8H,9-10,16H2. The highest BCUT2D eigenvalue weighted by atomic mass is 19.1. The van der Waals surface area contributed by atoms with E-state index in [4.69, 9.17) is 10.5 Å². The van der Waals surface area contributed by atoms with Crippen molar-refractivity contribution in [2.75, 3.05) is 0 Å². The van der Waals surface area contributed by atoms with Crippen LogP contribution in [0.1, 0.15) is 11.1 Å². The Balaban J connectivity index is 2.09. The minimum absolute atomic E-state index is 0.266. The Morgan fingerprint density at radius 1 is 1.06 bits per heavy atom. The average Bonchev–Trinajstić information content (AvgIpc) is 2.38. The Kier molecular flexibility index (Phi) is 3.73. The van der Waals surface area contributed by atoms with E-state index in [1.165, 1.54) is 12.1 Å². The smallest absolute Gasteiger partial charge is 0.124 e. The fourth-order valence-electron chi connectivity index (χ4n) is 1.58. The Hall–Kier alpha value is -1.87. The van der Waals surface area contributed by atoms with E-state index < -0.39 is 0 Å². The summed E-state index contributed by atoms with van der Waals surface area (Å²) < 4.78 is 18.6. The van der Waals surface area contributed by atoms with Gasteiger partial charge in [-0.2, -0.15) is 0 Å². The molecule has 2 nitrogen and oxygen atoms in total. The third-order valence-corrected chi connectivity index (χ3v) is 2.48. The average molecular weight is 231 g/mol. The molecule has 0 heterocycles. The van der Waals surface area contributed by atoms with Crippen LogP contribution in [0.5, 0.6) is 5.75 Å². The summed E-state index contributed by atoms with van der Waals surface area (Å²) in [5.41, 5.74) is 7.29. The van der Waals surface area contributed by atoms with Gasteiger partial charge in [-0.25, -0.2) is 4.39 Å². The second-order valence-electron chi connectivity index (χ2n) is 3.73. The van der Waals surface area contributed by atoms with Crippen molar-refractivity contribution >= 4 is 0 Å². The first-order valence-corrected chi connectivity index (χ1v) is 5.45. The molecule has 0 radical (unpaired) electrons. The third kappa shape index (κ3) is 3.04. The van der Waals surface area contributed by atoms with E-state index in [1.807, 2.05) is 30.3 Å².